The highest BCUT2D eigenvalue weighted by Crippen LogP contribution is 2.49. The summed E-state index contributed by atoms with van der Waals surface area (Å²) in [6.45, 7) is 6.15. The first-order chi connectivity index (χ1) is 8.15. The quantitative estimate of drug-likeness (QED) is 0.447. The van der Waals surface area contributed by atoms with Crippen molar-refractivity contribution in [2.24, 2.45) is 34.4 Å². The van der Waals surface area contributed by atoms with Crippen molar-refractivity contribution in [2.75, 3.05) is 13.1 Å². The van der Waals surface area contributed by atoms with Crippen LogP contribution in [0.2, 0.25) is 0 Å². The third kappa shape index (κ3) is 4.59. The number of halogens is 1. The monoisotopic (exact) mass is 365 g/mol. The number of aliphatic imine (C=N–C) groups is 1. The van der Waals surface area contributed by atoms with Crippen LogP contribution in [0.25, 0.3) is 0 Å². The zero-order chi connectivity index (χ0) is 12.3. The molecule has 0 amide bonds. The molecule has 2 aliphatic rings. The molecule has 2 saturated carbocycles. The summed E-state index contributed by atoms with van der Waals surface area (Å²) in [5.74, 6) is 4.24. The number of nitrogens with zero attached hydrogens (tertiary/aromatic N) is 1. The van der Waals surface area contributed by atoms with Crippen LogP contribution in [0.5, 0.6) is 0 Å². The third-order valence-electron chi connectivity index (χ3n) is 4.33. The molecule has 0 aromatic rings. The van der Waals surface area contributed by atoms with Gasteiger partial charge >= 0.3 is 0 Å². The summed E-state index contributed by atoms with van der Waals surface area (Å²) in [5, 5.41) is 3.25. The molecule has 18 heavy (non-hydrogen) atoms. The molecule has 3 unspecified atom stereocenters. The molecule has 0 saturated heterocycles. The van der Waals surface area contributed by atoms with Gasteiger partial charge in [-0.2, -0.15) is 0 Å². The fourth-order valence-electron chi connectivity index (χ4n) is 3.45. The van der Waals surface area contributed by atoms with Crippen molar-refractivity contribution in [1.29, 1.82) is 0 Å². The molecule has 3 N–H and O–H groups in total. The zero-order valence-electron chi connectivity index (χ0n) is 11.7. The Morgan fingerprint density at radius 1 is 1.33 bits per heavy atom. The van der Waals surface area contributed by atoms with Gasteiger partial charge in [0.25, 0.3) is 0 Å². The number of hydrogen-bond acceptors (Lipinski definition) is 1. The molecule has 2 aliphatic carbocycles. The lowest BCUT2D eigenvalue weighted by Gasteiger charge is -2.21. The van der Waals surface area contributed by atoms with Crippen LogP contribution in [0.4, 0.5) is 0 Å². The van der Waals surface area contributed by atoms with Crippen molar-refractivity contribution in [3.8, 4) is 0 Å². The standard InChI is InChI=1S/C14H27N3.HI/c1-10(2)9-17-14(15)16-6-5-13-8-11-3-4-12(13)7-11;/h10-13H,3-9H2,1-2H3,(H3,15,16,17);1H. The van der Waals surface area contributed by atoms with E-state index in [4.69, 9.17) is 5.73 Å². The Kier molecular flexibility index (Phi) is 6.74. The van der Waals surface area contributed by atoms with E-state index in [1.54, 1.807) is 0 Å². The Hall–Kier alpha value is 0. The smallest absolute Gasteiger partial charge is 0.188 e. The Morgan fingerprint density at radius 3 is 2.67 bits per heavy atom. The first-order valence-electron chi connectivity index (χ1n) is 7.19. The van der Waals surface area contributed by atoms with E-state index in [1.165, 1.54) is 32.1 Å². The highest BCUT2D eigenvalue weighted by Gasteiger charge is 2.38. The number of guanidine groups is 1. The molecule has 0 aromatic carbocycles. The van der Waals surface area contributed by atoms with Crippen molar-refractivity contribution in [2.45, 2.75) is 46.0 Å². The second-order valence-corrected chi connectivity index (χ2v) is 6.27. The molecule has 0 spiro atoms. The molecule has 0 radical (unpaired) electrons. The van der Waals surface area contributed by atoms with Gasteiger partial charge < -0.3 is 11.1 Å². The summed E-state index contributed by atoms with van der Waals surface area (Å²) in [6, 6.07) is 0. The Labute approximate surface area is 128 Å². The number of rotatable bonds is 5. The SMILES string of the molecule is CC(C)CN=C(N)NCCC1CC2CCC1C2.I. The van der Waals surface area contributed by atoms with E-state index in [2.05, 4.69) is 24.2 Å². The molecule has 3 atom stereocenters. The van der Waals surface area contributed by atoms with Crippen molar-refractivity contribution in [3.05, 3.63) is 0 Å². The van der Waals surface area contributed by atoms with Crippen LogP contribution in [-0.2, 0) is 0 Å². The molecule has 0 aliphatic heterocycles. The number of nitrogens with one attached hydrogen (secondary N) is 1. The normalized spacial score (nSPS) is 30.6. The second-order valence-electron chi connectivity index (χ2n) is 6.27. The van der Waals surface area contributed by atoms with E-state index in [-0.39, 0.29) is 24.0 Å². The van der Waals surface area contributed by atoms with Crippen LogP contribution >= 0.6 is 24.0 Å². The van der Waals surface area contributed by atoms with E-state index >= 15 is 0 Å². The van der Waals surface area contributed by atoms with Crippen LogP contribution in [0.15, 0.2) is 4.99 Å². The van der Waals surface area contributed by atoms with Crippen LogP contribution in [0.1, 0.15) is 46.0 Å². The fourth-order valence-corrected chi connectivity index (χ4v) is 3.45. The average molecular weight is 365 g/mol. The van der Waals surface area contributed by atoms with Gasteiger partial charge in [-0.25, -0.2) is 0 Å². The molecule has 0 aromatic heterocycles. The Balaban J connectivity index is 0.00000162. The van der Waals surface area contributed by atoms with Gasteiger partial charge in [-0.15, -0.1) is 24.0 Å². The largest absolute Gasteiger partial charge is 0.370 e. The number of nitrogens with two attached hydrogens (primary N) is 1. The van der Waals surface area contributed by atoms with Crippen molar-refractivity contribution in [1.82, 2.24) is 5.32 Å². The first kappa shape index (κ1) is 16.1. The maximum Gasteiger partial charge on any atom is 0.188 e. The highest BCUT2D eigenvalue weighted by molar-refractivity contribution is 14.0. The molecule has 2 fully saturated rings. The predicted octanol–water partition coefficient (Wildman–Crippen LogP) is 2.99. The average Bonchev–Trinajstić information content (AvgIpc) is 2.88. The minimum Gasteiger partial charge on any atom is -0.370 e. The molecule has 3 nitrogen and oxygen atoms in total. The van der Waals surface area contributed by atoms with Crippen LogP contribution in [0.3, 0.4) is 0 Å². The number of hydrogen-bond donors (Lipinski definition) is 2. The fraction of sp³-hybridized carbons (Fsp3) is 0.929. The molecular weight excluding hydrogens is 337 g/mol. The molecular formula is C14H28IN3. The summed E-state index contributed by atoms with van der Waals surface area (Å²) in [4.78, 5) is 4.32. The highest BCUT2D eigenvalue weighted by atomic mass is 127. The van der Waals surface area contributed by atoms with Gasteiger partial charge in [0.15, 0.2) is 5.96 Å². The van der Waals surface area contributed by atoms with E-state index in [0.29, 0.717) is 11.9 Å². The van der Waals surface area contributed by atoms with E-state index in [1.807, 2.05) is 0 Å². The van der Waals surface area contributed by atoms with Gasteiger partial charge in [0, 0.05) is 13.1 Å². The summed E-state index contributed by atoms with van der Waals surface area (Å²) in [7, 11) is 0. The molecule has 0 heterocycles. The van der Waals surface area contributed by atoms with E-state index < -0.39 is 0 Å². The topological polar surface area (TPSA) is 50.4 Å². The van der Waals surface area contributed by atoms with Gasteiger partial charge in [0.1, 0.15) is 0 Å². The summed E-state index contributed by atoms with van der Waals surface area (Å²) in [5.41, 5.74) is 5.82. The summed E-state index contributed by atoms with van der Waals surface area (Å²) >= 11 is 0. The lowest BCUT2D eigenvalue weighted by molar-refractivity contribution is 0.315. The van der Waals surface area contributed by atoms with Gasteiger partial charge in [-0.05, 0) is 49.4 Å². The van der Waals surface area contributed by atoms with Gasteiger partial charge in [-0.1, -0.05) is 20.3 Å². The maximum atomic E-state index is 5.82. The number of fused-ring (bicyclic) bond motifs is 2. The summed E-state index contributed by atoms with van der Waals surface area (Å²) < 4.78 is 0. The van der Waals surface area contributed by atoms with Crippen LogP contribution in [0, 0.1) is 23.7 Å². The van der Waals surface area contributed by atoms with Gasteiger partial charge in [-0.3, -0.25) is 4.99 Å². The van der Waals surface area contributed by atoms with Crippen molar-refractivity contribution < 1.29 is 0 Å². The van der Waals surface area contributed by atoms with Crippen molar-refractivity contribution in [3.63, 3.8) is 0 Å². The van der Waals surface area contributed by atoms with Crippen molar-refractivity contribution >= 4 is 29.9 Å². The molecule has 106 valence electrons. The zero-order valence-corrected chi connectivity index (χ0v) is 14.0. The Morgan fingerprint density at radius 2 is 2.11 bits per heavy atom. The minimum absolute atomic E-state index is 0. The lowest BCUT2D eigenvalue weighted by Crippen LogP contribution is -2.34. The molecule has 2 bridgehead atoms. The predicted molar refractivity (Wildman–Crippen MR) is 88.3 cm³/mol. The minimum atomic E-state index is 0. The maximum absolute atomic E-state index is 5.82. The van der Waals surface area contributed by atoms with Gasteiger partial charge in [0.2, 0.25) is 0 Å². The molecule has 2 rings (SSSR count). The third-order valence-corrected chi connectivity index (χ3v) is 4.33. The Bertz CT molecular complexity index is 278. The second kappa shape index (κ2) is 7.56. The van der Waals surface area contributed by atoms with Crippen LogP contribution in [-0.4, -0.2) is 19.0 Å². The first-order valence-corrected chi connectivity index (χ1v) is 7.19. The van der Waals surface area contributed by atoms with E-state index in [0.717, 1.165) is 30.8 Å². The van der Waals surface area contributed by atoms with Gasteiger partial charge in [0.05, 0.1) is 0 Å². The molecule has 4 heteroatoms. The lowest BCUT2D eigenvalue weighted by atomic mass is 9.86. The van der Waals surface area contributed by atoms with Crippen LogP contribution < -0.4 is 11.1 Å². The van der Waals surface area contributed by atoms with E-state index in [9.17, 15) is 0 Å². The summed E-state index contributed by atoms with van der Waals surface area (Å²) in [6.07, 6.45) is 7.22.